The molecule has 0 radical (unpaired) electrons. The molecule has 0 saturated carbocycles. The number of anilines is 1. The Labute approximate surface area is 143 Å². The average molecular weight is 343 g/mol. The van der Waals surface area contributed by atoms with Gasteiger partial charge in [0.05, 0.1) is 0 Å². The second-order valence-corrected chi connectivity index (χ2v) is 5.22. The first-order valence-electron chi connectivity index (χ1n) is 7.57. The molecule has 128 valence electrons. The van der Waals surface area contributed by atoms with Gasteiger partial charge in [-0.2, -0.15) is 8.78 Å². The lowest BCUT2D eigenvalue weighted by atomic mass is 10.1. The zero-order valence-corrected chi connectivity index (χ0v) is 13.1. The van der Waals surface area contributed by atoms with Gasteiger partial charge in [-0.15, -0.1) is 0 Å². The molecule has 0 fully saturated rings. The number of alkyl halides is 2. The van der Waals surface area contributed by atoms with E-state index < -0.39 is 12.5 Å². The van der Waals surface area contributed by atoms with Gasteiger partial charge in [0.2, 0.25) is 0 Å². The Morgan fingerprint density at radius 3 is 2.60 bits per heavy atom. The van der Waals surface area contributed by atoms with E-state index in [1.807, 2.05) is 36.4 Å². The van der Waals surface area contributed by atoms with Crippen LogP contribution in [0.5, 0.6) is 11.5 Å². The van der Waals surface area contributed by atoms with Gasteiger partial charge in [0.25, 0.3) is 5.91 Å². The fraction of sp³-hybridized carbons (Fsp3) is 0.105. The van der Waals surface area contributed by atoms with Crippen molar-refractivity contribution in [3.05, 3.63) is 66.7 Å². The third kappa shape index (κ3) is 4.44. The molecule has 1 N–H and O–H groups in total. The summed E-state index contributed by atoms with van der Waals surface area (Å²) < 4.78 is 34.3. The zero-order valence-electron chi connectivity index (χ0n) is 13.1. The lowest BCUT2D eigenvalue weighted by molar-refractivity contribution is -0.118. The third-order valence-electron chi connectivity index (χ3n) is 3.45. The van der Waals surface area contributed by atoms with Crippen LogP contribution < -0.4 is 14.8 Å². The molecule has 3 aromatic carbocycles. The molecule has 0 aliphatic carbocycles. The predicted molar refractivity (Wildman–Crippen MR) is 91.1 cm³/mol. The van der Waals surface area contributed by atoms with Gasteiger partial charge in [-0.25, -0.2) is 0 Å². The van der Waals surface area contributed by atoms with E-state index >= 15 is 0 Å². The molecule has 0 aliphatic heterocycles. The second-order valence-electron chi connectivity index (χ2n) is 5.22. The molecule has 4 nitrogen and oxygen atoms in total. The summed E-state index contributed by atoms with van der Waals surface area (Å²) in [5.74, 6) is 0.174. The van der Waals surface area contributed by atoms with E-state index in [0.717, 1.165) is 10.8 Å². The summed E-state index contributed by atoms with van der Waals surface area (Å²) >= 11 is 0. The molecule has 3 rings (SSSR count). The van der Waals surface area contributed by atoms with Gasteiger partial charge in [-0.05, 0) is 23.6 Å². The summed E-state index contributed by atoms with van der Waals surface area (Å²) in [4.78, 5) is 12.0. The van der Waals surface area contributed by atoms with E-state index in [4.69, 9.17) is 4.74 Å². The fourth-order valence-electron chi connectivity index (χ4n) is 2.41. The Morgan fingerprint density at radius 1 is 1.00 bits per heavy atom. The van der Waals surface area contributed by atoms with Gasteiger partial charge in [0.1, 0.15) is 11.5 Å². The highest BCUT2D eigenvalue weighted by Crippen LogP contribution is 2.25. The molecule has 0 aliphatic rings. The number of benzene rings is 3. The number of carbonyl (C=O) groups excluding carboxylic acids is 1. The second kappa shape index (κ2) is 7.61. The SMILES string of the molecule is O=C(COc1cccc2ccccc12)Nc1cccc(OC(F)F)c1. The minimum absolute atomic E-state index is 0.0252. The Kier molecular flexibility index (Phi) is 5.09. The quantitative estimate of drug-likeness (QED) is 0.719. The average Bonchev–Trinajstić information content (AvgIpc) is 2.59. The van der Waals surface area contributed by atoms with Crippen LogP contribution in [0.3, 0.4) is 0 Å². The topological polar surface area (TPSA) is 47.6 Å². The van der Waals surface area contributed by atoms with Crippen LogP contribution in [0.25, 0.3) is 10.8 Å². The molecule has 0 heterocycles. The van der Waals surface area contributed by atoms with E-state index in [1.54, 1.807) is 12.1 Å². The first kappa shape index (κ1) is 16.7. The van der Waals surface area contributed by atoms with E-state index in [-0.39, 0.29) is 12.4 Å². The molecule has 25 heavy (non-hydrogen) atoms. The van der Waals surface area contributed by atoms with Crippen molar-refractivity contribution in [2.24, 2.45) is 0 Å². The van der Waals surface area contributed by atoms with Gasteiger partial charge < -0.3 is 14.8 Å². The highest BCUT2D eigenvalue weighted by atomic mass is 19.3. The number of ether oxygens (including phenoxy) is 2. The lowest BCUT2D eigenvalue weighted by Crippen LogP contribution is -2.20. The molecule has 0 saturated heterocycles. The molecule has 0 atom stereocenters. The lowest BCUT2D eigenvalue weighted by Gasteiger charge is -2.11. The predicted octanol–water partition coefficient (Wildman–Crippen LogP) is 4.46. The molecular weight excluding hydrogens is 328 g/mol. The van der Waals surface area contributed by atoms with Crippen molar-refractivity contribution in [1.29, 1.82) is 0 Å². The Bertz CT molecular complexity index is 878. The minimum Gasteiger partial charge on any atom is -0.483 e. The zero-order chi connectivity index (χ0) is 17.6. The van der Waals surface area contributed by atoms with E-state index in [2.05, 4.69) is 10.1 Å². The number of hydrogen-bond acceptors (Lipinski definition) is 3. The molecule has 0 bridgehead atoms. The number of carbonyl (C=O) groups is 1. The van der Waals surface area contributed by atoms with Crippen molar-refractivity contribution in [3.63, 3.8) is 0 Å². The van der Waals surface area contributed by atoms with Crippen molar-refractivity contribution in [1.82, 2.24) is 0 Å². The Morgan fingerprint density at radius 2 is 1.76 bits per heavy atom. The number of hydrogen-bond donors (Lipinski definition) is 1. The van der Waals surface area contributed by atoms with Gasteiger partial charge >= 0.3 is 6.61 Å². The largest absolute Gasteiger partial charge is 0.483 e. The van der Waals surface area contributed by atoms with E-state index in [1.165, 1.54) is 18.2 Å². The standard InChI is InChI=1S/C19H15F2NO3/c20-19(21)25-15-8-4-7-14(11-15)22-18(23)12-24-17-10-3-6-13-5-1-2-9-16(13)17/h1-11,19H,12H2,(H,22,23). The molecule has 3 aromatic rings. The smallest absolute Gasteiger partial charge is 0.387 e. The number of rotatable bonds is 6. The molecular formula is C19H15F2NO3. The van der Waals surface area contributed by atoms with Crippen LogP contribution in [0.4, 0.5) is 14.5 Å². The number of amides is 1. The summed E-state index contributed by atoms with van der Waals surface area (Å²) in [5, 5.41) is 4.50. The van der Waals surface area contributed by atoms with Gasteiger partial charge in [0.15, 0.2) is 6.61 Å². The molecule has 1 amide bonds. The maximum atomic E-state index is 12.2. The van der Waals surface area contributed by atoms with Crippen LogP contribution in [0.15, 0.2) is 66.7 Å². The van der Waals surface area contributed by atoms with Crippen molar-refractivity contribution in [2.75, 3.05) is 11.9 Å². The normalized spacial score (nSPS) is 10.7. The van der Waals surface area contributed by atoms with Crippen LogP contribution in [0.2, 0.25) is 0 Å². The fourth-order valence-corrected chi connectivity index (χ4v) is 2.41. The molecule has 0 aromatic heterocycles. The summed E-state index contributed by atoms with van der Waals surface area (Å²) in [7, 11) is 0. The highest BCUT2D eigenvalue weighted by molar-refractivity contribution is 5.93. The van der Waals surface area contributed by atoms with Crippen LogP contribution in [0, 0.1) is 0 Å². The van der Waals surface area contributed by atoms with Crippen LogP contribution in [0.1, 0.15) is 0 Å². The maximum absolute atomic E-state index is 12.2. The van der Waals surface area contributed by atoms with Gasteiger partial charge in [0, 0.05) is 17.1 Å². The van der Waals surface area contributed by atoms with Crippen molar-refractivity contribution in [2.45, 2.75) is 6.61 Å². The number of fused-ring (bicyclic) bond motifs is 1. The van der Waals surface area contributed by atoms with E-state index in [9.17, 15) is 13.6 Å². The van der Waals surface area contributed by atoms with Crippen molar-refractivity contribution >= 4 is 22.4 Å². The van der Waals surface area contributed by atoms with E-state index in [0.29, 0.717) is 11.4 Å². The maximum Gasteiger partial charge on any atom is 0.387 e. The summed E-state index contributed by atoms with van der Waals surface area (Å²) in [6.07, 6.45) is 0. The Hall–Kier alpha value is -3.15. The summed E-state index contributed by atoms with van der Waals surface area (Å²) in [6.45, 7) is -3.12. The van der Waals surface area contributed by atoms with Crippen molar-refractivity contribution < 1.29 is 23.0 Å². The third-order valence-corrected chi connectivity index (χ3v) is 3.45. The van der Waals surface area contributed by atoms with Crippen LogP contribution in [-0.4, -0.2) is 19.1 Å². The first-order valence-corrected chi connectivity index (χ1v) is 7.57. The monoisotopic (exact) mass is 343 g/mol. The number of halogens is 2. The summed E-state index contributed by atoms with van der Waals surface area (Å²) in [6, 6.07) is 19.1. The van der Waals surface area contributed by atoms with Gasteiger partial charge in [-0.3, -0.25) is 4.79 Å². The minimum atomic E-state index is -2.92. The molecule has 0 unspecified atom stereocenters. The molecule has 0 spiro atoms. The number of nitrogens with one attached hydrogen (secondary N) is 1. The Balaban J connectivity index is 1.63. The van der Waals surface area contributed by atoms with Crippen LogP contribution in [-0.2, 0) is 4.79 Å². The molecule has 6 heteroatoms. The van der Waals surface area contributed by atoms with Gasteiger partial charge in [-0.1, -0.05) is 42.5 Å². The van der Waals surface area contributed by atoms with Crippen LogP contribution >= 0.6 is 0 Å². The first-order chi connectivity index (χ1) is 12.1. The summed E-state index contributed by atoms with van der Waals surface area (Å²) in [5.41, 5.74) is 0.352. The van der Waals surface area contributed by atoms with Crippen molar-refractivity contribution in [3.8, 4) is 11.5 Å². The highest BCUT2D eigenvalue weighted by Gasteiger charge is 2.08.